The molecule has 0 heterocycles. The molecule has 0 saturated carbocycles. The topological polar surface area (TPSA) is 228 Å². The molecule has 5 N–H and O–H groups in total. The van der Waals surface area contributed by atoms with E-state index < -0.39 is 67.9 Å². The second-order valence-electron chi connectivity index (χ2n) is 6.20. The number of nitrogens with zero attached hydrogens (tertiary/aromatic N) is 2. The van der Waals surface area contributed by atoms with Gasteiger partial charge in [-0.2, -0.15) is 25.3 Å². The number of aromatic hydroxyl groups is 2. The number of benzene rings is 3. The molecule has 170 valence electrons. The SMILES string of the molecule is O=S(=O)(O)c1cc(N=Nc2cc(S(=O)(=O)O)c3ccccc3c2O)c(O)c(S(=O)(=O)O)c1. The highest BCUT2D eigenvalue weighted by Gasteiger charge is 2.25. The third-order valence-corrected chi connectivity index (χ3v) is 6.70. The summed E-state index contributed by atoms with van der Waals surface area (Å²) in [4.78, 5) is -3.05. The highest BCUT2D eigenvalue weighted by molar-refractivity contribution is 7.86. The lowest BCUT2D eigenvalue weighted by atomic mass is 10.1. The third-order valence-electron chi connectivity index (χ3n) is 4.11. The van der Waals surface area contributed by atoms with E-state index in [4.69, 9.17) is 0 Å². The van der Waals surface area contributed by atoms with Crippen molar-refractivity contribution in [2.75, 3.05) is 0 Å². The summed E-state index contributed by atoms with van der Waals surface area (Å²) in [6.45, 7) is 0. The predicted octanol–water partition coefficient (Wildman–Crippen LogP) is 2.41. The second-order valence-corrected chi connectivity index (χ2v) is 10.4. The summed E-state index contributed by atoms with van der Waals surface area (Å²) in [5.41, 5.74) is -1.45. The molecular weight excluding hydrogens is 492 g/mol. The Morgan fingerprint density at radius 2 is 1.09 bits per heavy atom. The molecule has 16 heteroatoms. The van der Waals surface area contributed by atoms with Gasteiger partial charge in [0, 0.05) is 10.8 Å². The maximum atomic E-state index is 11.7. The maximum Gasteiger partial charge on any atom is 0.298 e. The minimum Gasteiger partial charge on any atom is -0.505 e. The first-order valence-electron chi connectivity index (χ1n) is 8.06. The Morgan fingerprint density at radius 3 is 1.59 bits per heavy atom. The lowest BCUT2D eigenvalue weighted by molar-refractivity contribution is 0.442. The van der Waals surface area contributed by atoms with Crippen molar-refractivity contribution >= 4 is 52.5 Å². The zero-order valence-electron chi connectivity index (χ0n) is 15.3. The molecule has 3 rings (SSSR count). The molecular formula is C16H12N2O11S3. The van der Waals surface area contributed by atoms with E-state index in [0.717, 1.165) is 6.07 Å². The fourth-order valence-corrected chi connectivity index (χ4v) is 4.64. The van der Waals surface area contributed by atoms with E-state index in [1.165, 1.54) is 24.3 Å². The van der Waals surface area contributed by atoms with Crippen LogP contribution < -0.4 is 0 Å². The zero-order valence-corrected chi connectivity index (χ0v) is 17.8. The molecule has 0 saturated heterocycles. The third kappa shape index (κ3) is 4.54. The molecule has 32 heavy (non-hydrogen) atoms. The van der Waals surface area contributed by atoms with Gasteiger partial charge in [0.1, 0.15) is 21.2 Å². The number of phenolic OH excluding ortho intramolecular Hbond substituents is 2. The molecule has 0 aliphatic heterocycles. The second kappa shape index (κ2) is 7.76. The minimum absolute atomic E-state index is 0.0590. The molecule has 0 atom stereocenters. The van der Waals surface area contributed by atoms with Crippen molar-refractivity contribution in [3.05, 3.63) is 42.5 Å². The Balaban J connectivity index is 2.30. The molecule has 0 spiro atoms. The van der Waals surface area contributed by atoms with E-state index in [1.807, 2.05) is 0 Å². The van der Waals surface area contributed by atoms with Gasteiger partial charge in [0.2, 0.25) is 0 Å². The molecule has 0 aliphatic rings. The van der Waals surface area contributed by atoms with Crippen LogP contribution in [-0.4, -0.2) is 49.1 Å². The smallest absolute Gasteiger partial charge is 0.298 e. The van der Waals surface area contributed by atoms with Crippen LogP contribution in [0.1, 0.15) is 0 Å². The number of phenols is 2. The van der Waals surface area contributed by atoms with Crippen molar-refractivity contribution in [2.24, 2.45) is 10.2 Å². The summed E-state index contributed by atoms with van der Waals surface area (Å²) in [5.74, 6) is -1.86. The van der Waals surface area contributed by atoms with Crippen LogP contribution in [0.4, 0.5) is 11.4 Å². The van der Waals surface area contributed by atoms with Crippen molar-refractivity contribution in [1.82, 2.24) is 0 Å². The number of hydrogen-bond donors (Lipinski definition) is 5. The summed E-state index contributed by atoms with van der Waals surface area (Å²) in [6, 6.07) is 6.96. The maximum absolute atomic E-state index is 11.7. The number of rotatable bonds is 5. The molecule has 0 radical (unpaired) electrons. The number of fused-ring (bicyclic) bond motifs is 1. The fraction of sp³-hybridized carbons (Fsp3) is 0. The normalized spacial score (nSPS) is 13.1. The first kappa shape index (κ1) is 23.5. The first-order chi connectivity index (χ1) is 14.6. The van der Waals surface area contributed by atoms with Crippen LogP contribution in [0.5, 0.6) is 11.5 Å². The molecule has 0 fully saturated rings. The number of azo groups is 1. The van der Waals surface area contributed by atoms with E-state index in [1.54, 1.807) is 0 Å². The summed E-state index contributed by atoms with van der Waals surface area (Å²) in [5, 5.41) is 27.2. The van der Waals surface area contributed by atoms with Gasteiger partial charge in [-0.1, -0.05) is 24.3 Å². The molecule has 13 nitrogen and oxygen atoms in total. The van der Waals surface area contributed by atoms with E-state index in [0.29, 0.717) is 6.07 Å². The molecule has 3 aromatic carbocycles. The standard InChI is InChI=1S/C16H12N2O11S3/c19-15-10-4-2-1-3-9(10)13(31(24,25)26)7-12(15)18-17-11-5-8(30(21,22)23)6-14(16(11)20)32(27,28)29/h1-7,19-20H,(H,21,22,23)(H,24,25,26)(H,27,28,29). The Kier molecular flexibility index (Phi) is 5.71. The van der Waals surface area contributed by atoms with Gasteiger partial charge in [-0.3, -0.25) is 13.7 Å². The molecule has 0 bridgehead atoms. The summed E-state index contributed by atoms with van der Waals surface area (Å²) in [7, 11) is -15.0. The van der Waals surface area contributed by atoms with E-state index in [9.17, 15) is 49.1 Å². The molecule has 0 unspecified atom stereocenters. The average molecular weight is 504 g/mol. The Bertz CT molecular complexity index is 1610. The summed E-state index contributed by atoms with van der Waals surface area (Å²) in [6.07, 6.45) is 0. The van der Waals surface area contributed by atoms with E-state index in [-0.39, 0.29) is 16.8 Å². The van der Waals surface area contributed by atoms with Gasteiger partial charge < -0.3 is 10.2 Å². The van der Waals surface area contributed by atoms with Gasteiger partial charge in [0.25, 0.3) is 30.4 Å². The van der Waals surface area contributed by atoms with E-state index in [2.05, 4.69) is 10.2 Å². The molecule has 0 aliphatic carbocycles. The Labute approximate surface area is 180 Å². The first-order valence-corrected chi connectivity index (χ1v) is 12.4. The molecule has 0 aromatic heterocycles. The van der Waals surface area contributed by atoms with Gasteiger partial charge in [-0.15, -0.1) is 10.2 Å². The zero-order chi connectivity index (χ0) is 24.1. The summed E-state index contributed by atoms with van der Waals surface area (Å²) < 4.78 is 96.9. The lowest BCUT2D eigenvalue weighted by Gasteiger charge is -2.09. The van der Waals surface area contributed by atoms with Crippen molar-refractivity contribution in [3.8, 4) is 11.5 Å². The van der Waals surface area contributed by atoms with Crippen molar-refractivity contribution in [3.63, 3.8) is 0 Å². The van der Waals surface area contributed by atoms with Crippen LogP contribution in [-0.2, 0) is 30.4 Å². The van der Waals surface area contributed by atoms with Crippen molar-refractivity contribution in [2.45, 2.75) is 14.7 Å². The van der Waals surface area contributed by atoms with Crippen LogP contribution in [0.25, 0.3) is 10.8 Å². The van der Waals surface area contributed by atoms with Gasteiger partial charge in [-0.05, 0) is 18.2 Å². The minimum atomic E-state index is -5.17. The highest BCUT2D eigenvalue weighted by Crippen LogP contribution is 2.41. The van der Waals surface area contributed by atoms with Crippen LogP contribution >= 0.6 is 0 Å². The van der Waals surface area contributed by atoms with Crippen LogP contribution in [0.15, 0.2) is 67.4 Å². The lowest BCUT2D eigenvalue weighted by Crippen LogP contribution is -2.03. The van der Waals surface area contributed by atoms with Gasteiger partial charge in [0.05, 0.1) is 4.90 Å². The van der Waals surface area contributed by atoms with Gasteiger partial charge >= 0.3 is 0 Å². The van der Waals surface area contributed by atoms with Crippen LogP contribution in [0.3, 0.4) is 0 Å². The number of hydrogen-bond acceptors (Lipinski definition) is 10. The predicted molar refractivity (Wildman–Crippen MR) is 107 cm³/mol. The van der Waals surface area contributed by atoms with Crippen LogP contribution in [0.2, 0.25) is 0 Å². The largest absolute Gasteiger partial charge is 0.505 e. The van der Waals surface area contributed by atoms with Gasteiger partial charge in [-0.25, -0.2) is 0 Å². The van der Waals surface area contributed by atoms with Crippen molar-refractivity contribution < 1.29 is 49.1 Å². The Morgan fingerprint density at radius 1 is 0.594 bits per heavy atom. The van der Waals surface area contributed by atoms with E-state index >= 15 is 0 Å². The van der Waals surface area contributed by atoms with Crippen LogP contribution in [0, 0.1) is 0 Å². The van der Waals surface area contributed by atoms with Gasteiger partial charge in [0.15, 0.2) is 11.5 Å². The molecule has 3 aromatic rings. The average Bonchev–Trinajstić information content (AvgIpc) is 2.65. The fourth-order valence-electron chi connectivity index (χ4n) is 2.70. The summed E-state index contributed by atoms with van der Waals surface area (Å²) >= 11 is 0. The van der Waals surface area contributed by atoms with Crippen molar-refractivity contribution in [1.29, 1.82) is 0 Å². The highest BCUT2D eigenvalue weighted by atomic mass is 32.2. The monoisotopic (exact) mass is 504 g/mol. The molecule has 0 amide bonds. The quantitative estimate of drug-likeness (QED) is 0.250. The Hall–Kier alpha value is -3.15.